The molecule has 3 N–H and O–H groups in total. The summed E-state index contributed by atoms with van der Waals surface area (Å²) < 4.78 is 27.6. The summed E-state index contributed by atoms with van der Waals surface area (Å²) in [6.07, 6.45) is 0. The van der Waals surface area contributed by atoms with Crippen molar-refractivity contribution in [3.05, 3.63) is 84.4 Å². The number of hydrogen-bond donors (Lipinski definition) is 2. The Hall–Kier alpha value is -3.12. The van der Waals surface area contributed by atoms with Gasteiger partial charge in [0.05, 0.1) is 16.1 Å². The van der Waals surface area contributed by atoms with Gasteiger partial charge in [0.15, 0.2) is 0 Å². The number of hydrogen-bond acceptors (Lipinski definition) is 3. The molecule has 0 aliphatic heterocycles. The van der Waals surface area contributed by atoms with Gasteiger partial charge in [-0.1, -0.05) is 54.6 Å². The van der Waals surface area contributed by atoms with Crippen molar-refractivity contribution in [3.63, 3.8) is 0 Å². The molecule has 3 aromatic rings. The summed E-state index contributed by atoms with van der Waals surface area (Å²) in [6.45, 7) is 0. The number of benzene rings is 3. The van der Waals surface area contributed by atoms with Crippen molar-refractivity contribution >= 4 is 21.6 Å². The topological polar surface area (TPSA) is 89.3 Å². The first-order chi connectivity index (χ1) is 12.0. The Kier molecular flexibility index (Phi) is 4.54. The molecule has 0 spiro atoms. The smallest absolute Gasteiger partial charge is 0.261 e. The number of rotatable bonds is 5. The van der Waals surface area contributed by atoms with Crippen molar-refractivity contribution in [1.29, 1.82) is 0 Å². The molecule has 0 radical (unpaired) electrons. The van der Waals surface area contributed by atoms with Crippen LogP contribution in [-0.2, 0) is 10.0 Å². The molecule has 0 bridgehead atoms. The molecule has 126 valence electrons. The zero-order chi connectivity index (χ0) is 17.9. The summed E-state index contributed by atoms with van der Waals surface area (Å²) in [6, 6.07) is 22.2. The Bertz CT molecular complexity index is 1000. The van der Waals surface area contributed by atoms with Gasteiger partial charge in [-0.3, -0.25) is 9.52 Å². The number of carbonyl (C=O) groups is 1. The fraction of sp³-hybridized carbons (Fsp3) is 0. The molecule has 0 heterocycles. The first-order valence-corrected chi connectivity index (χ1v) is 9.03. The van der Waals surface area contributed by atoms with Crippen LogP contribution in [0.2, 0.25) is 0 Å². The van der Waals surface area contributed by atoms with E-state index in [1.54, 1.807) is 30.3 Å². The third-order valence-electron chi connectivity index (χ3n) is 3.69. The second-order valence-electron chi connectivity index (χ2n) is 5.41. The number of carbonyl (C=O) groups excluding carboxylic acids is 1. The normalized spacial score (nSPS) is 11.0. The Morgan fingerprint density at radius 3 is 2.00 bits per heavy atom. The number of nitrogens with one attached hydrogen (secondary N) is 1. The average molecular weight is 352 g/mol. The summed E-state index contributed by atoms with van der Waals surface area (Å²) in [4.78, 5) is 11.8. The highest BCUT2D eigenvalue weighted by Crippen LogP contribution is 2.27. The van der Waals surface area contributed by atoms with Gasteiger partial charge < -0.3 is 5.73 Å². The standard InChI is InChI=1S/C19H16N2O3S/c20-19(22)17-12-11-15(14-7-3-1-4-8-14)13-18(17)21-25(23,24)16-9-5-2-6-10-16/h1-13,21H,(H2,20,22). The molecule has 0 saturated heterocycles. The second kappa shape index (κ2) is 6.78. The highest BCUT2D eigenvalue weighted by atomic mass is 32.2. The lowest BCUT2D eigenvalue weighted by Crippen LogP contribution is -2.18. The van der Waals surface area contributed by atoms with Crippen LogP contribution in [0.4, 0.5) is 5.69 Å². The van der Waals surface area contributed by atoms with Gasteiger partial charge in [-0.15, -0.1) is 0 Å². The maximum absolute atomic E-state index is 12.6. The Balaban J connectivity index is 2.06. The largest absolute Gasteiger partial charge is 0.366 e. The van der Waals surface area contributed by atoms with Crippen molar-refractivity contribution in [3.8, 4) is 11.1 Å². The maximum atomic E-state index is 12.6. The molecule has 0 saturated carbocycles. The summed E-state index contributed by atoms with van der Waals surface area (Å²) in [7, 11) is -3.83. The molecule has 1 amide bonds. The molecule has 5 nitrogen and oxygen atoms in total. The molecule has 3 rings (SSSR count). The molecular weight excluding hydrogens is 336 g/mol. The molecular formula is C19H16N2O3S. The lowest BCUT2D eigenvalue weighted by Gasteiger charge is -2.13. The van der Waals surface area contributed by atoms with Gasteiger partial charge in [0, 0.05) is 0 Å². The fourth-order valence-electron chi connectivity index (χ4n) is 2.46. The van der Waals surface area contributed by atoms with E-state index < -0.39 is 15.9 Å². The van der Waals surface area contributed by atoms with Crippen molar-refractivity contribution in [2.75, 3.05) is 4.72 Å². The van der Waals surface area contributed by atoms with Gasteiger partial charge in [0.2, 0.25) is 0 Å². The van der Waals surface area contributed by atoms with Crippen LogP contribution in [0, 0.1) is 0 Å². The lowest BCUT2D eigenvalue weighted by atomic mass is 10.0. The number of amides is 1. The molecule has 25 heavy (non-hydrogen) atoms. The molecule has 6 heteroatoms. The van der Waals surface area contributed by atoms with Crippen LogP contribution in [0.25, 0.3) is 11.1 Å². The summed E-state index contributed by atoms with van der Waals surface area (Å²) in [5.74, 6) is -0.703. The van der Waals surface area contributed by atoms with Crippen molar-refractivity contribution in [2.45, 2.75) is 4.90 Å². The van der Waals surface area contributed by atoms with Gasteiger partial charge in [0.25, 0.3) is 15.9 Å². The maximum Gasteiger partial charge on any atom is 0.261 e. The van der Waals surface area contributed by atoms with E-state index in [0.29, 0.717) is 0 Å². The average Bonchev–Trinajstić information content (AvgIpc) is 2.62. The van der Waals surface area contributed by atoms with Crippen LogP contribution in [0.5, 0.6) is 0 Å². The van der Waals surface area contributed by atoms with Crippen molar-refractivity contribution in [1.82, 2.24) is 0 Å². The second-order valence-corrected chi connectivity index (χ2v) is 7.09. The first-order valence-electron chi connectivity index (χ1n) is 7.54. The van der Waals surface area contributed by atoms with Crippen LogP contribution in [-0.4, -0.2) is 14.3 Å². The molecule has 0 atom stereocenters. The highest BCUT2D eigenvalue weighted by molar-refractivity contribution is 7.92. The number of sulfonamides is 1. The van der Waals surface area contributed by atoms with E-state index in [4.69, 9.17) is 5.73 Å². The van der Waals surface area contributed by atoms with Gasteiger partial charge in [-0.2, -0.15) is 0 Å². The van der Waals surface area contributed by atoms with Crippen LogP contribution in [0.15, 0.2) is 83.8 Å². The first kappa shape index (κ1) is 16.7. The third-order valence-corrected chi connectivity index (χ3v) is 5.07. The van der Waals surface area contributed by atoms with E-state index in [1.807, 2.05) is 30.3 Å². The highest BCUT2D eigenvalue weighted by Gasteiger charge is 2.18. The minimum atomic E-state index is -3.83. The van der Waals surface area contributed by atoms with E-state index in [2.05, 4.69) is 4.72 Å². The Labute approximate surface area is 146 Å². The third kappa shape index (κ3) is 3.70. The summed E-state index contributed by atoms with van der Waals surface area (Å²) in [5.41, 5.74) is 7.32. The molecule has 0 fully saturated rings. The lowest BCUT2D eigenvalue weighted by molar-refractivity contribution is 0.100. The van der Waals surface area contributed by atoms with E-state index in [0.717, 1.165) is 11.1 Å². The Morgan fingerprint density at radius 1 is 0.800 bits per heavy atom. The molecule has 0 aromatic heterocycles. The zero-order valence-electron chi connectivity index (χ0n) is 13.2. The van der Waals surface area contributed by atoms with Crippen LogP contribution < -0.4 is 10.5 Å². The van der Waals surface area contributed by atoms with E-state index in [-0.39, 0.29) is 16.1 Å². The quantitative estimate of drug-likeness (QED) is 0.738. The van der Waals surface area contributed by atoms with Crippen LogP contribution in [0.1, 0.15) is 10.4 Å². The van der Waals surface area contributed by atoms with E-state index in [1.165, 1.54) is 18.2 Å². The molecule has 3 aromatic carbocycles. The van der Waals surface area contributed by atoms with Gasteiger partial charge >= 0.3 is 0 Å². The predicted octanol–water partition coefficient (Wildman–Crippen LogP) is 3.25. The van der Waals surface area contributed by atoms with E-state index >= 15 is 0 Å². The SMILES string of the molecule is NC(=O)c1ccc(-c2ccccc2)cc1NS(=O)(=O)c1ccccc1. The number of primary amides is 1. The van der Waals surface area contributed by atoms with Crippen molar-refractivity contribution in [2.24, 2.45) is 5.73 Å². The molecule has 0 unspecified atom stereocenters. The van der Waals surface area contributed by atoms with Gasteiger partial charge in [-0.05, 0) is 35.4 Å². The number of anilines is 1. The van der Waals surface area contributed by atoms with E-state index in [9.17, 15) is 13.2 Å². The summed E-state index contributed by atoms with van der Waals surface area (Å²) >= 11 is 0. The summed E-state index contributed by atoms with van der Waals surface area (Å²) in [5, 5.41) is 0. The van der Waals surface area contributed by atoms with Gasteiger partial charge in [-0.25, -0.2) is 8.42 Å². The van der Waals surface area contributed by atoms with Gasteiger partial charge in [0.1, 0.15) is 0 Å². The number of nitrogens with two attached hydrogens (primary N) is 1. The minimum Gasteiger partial charge on any atom is -0.366 e. The molecule has 0 aliphatic rings. The Morgan fingerprint density at radius 2 is 1.40 bits per heavy atom. The van der Waals surface area contributed by atoms with Crippen LogP contribution in [0.3, 0.4) is 0 Å². The van der Waals surface area contributed by atoms with Crippen LogP contribution >= 0.6 is 0 Å². The fourth-order valence-corrected chi connectivity index (χ4v) is 3.55. The molecule has 0 aliphatic carbocycles. The predicted molar refractivity (Wildman–Crippen MR) is 97.6 cm³/mol. The zero-order valence-corrected chi connectivity index (χ0v) is 14.0. The monoisotopic (exact) mass is 352 g/mol. The van der Waals surface area contributed by atoms with Crippen molar-refractivity contribution < 1.29 is 13.2 Å². The minimum absolute atomic E-state index is 0.107.